The van der Waals surface area contributed by atoms with Crippen molar-refractivity contribution in [1.29, 1.82) is 0 Å². The number of urea groups is 1. The van der Waals surface area contributed by atoms with Gasteiger partial charge < -0.3 is 20.0 Å². The number of carboxylic acids is 1. The van der Waals surface area contributed by atoms with Gasteiger partial charge in [-0.1, -0.05) is 0 Å². The van der Waals surface area contributed by atoms with Gasteiger partial charge in [-0.2, -0.15) is 0 Å². The maximum absolute atomic E-state index is 12.3. The molecule has 6 heteroatoms. The number of nitrogens with zero attached hydrogens (tertiary/aromatic N) is 2. The van der Waals surface area contributed by atoms with Gasteiger partial charge in [-0.05, 0) is 26.2 Å². The summed E-state index contributed by atoms with van der Waals surface area (Å²) in [5, 5.41) is 17.7. The third-order valence-corrected chi connectivity index (χ3v) is 3.35. The first-order valence-electron chi connectivity index (χ1n) is 6.48. The Kier molecular flexibility index (Phi) is 5.91. The molecule has 1 rings (SSSR count). The molecule has 0 aromatic rings. The molecule has 0 aromatic heterocycles. The van der Waals surface area contributed by atoms with Crippen molar-refractivity contribution in [2.24, 2.45) is 0 Å². The van der Waals surface area contributed by atoms with Crippen molar-refractivity contribution in [2.45, 2.75) is 38.6 Å². The Balaban J connectivity index is 2.57. The number of aliphatic hydroxyl groups is 1. The van der Waals surface area contributed by atoms with Gasteiger partial charge in [0, 0.05) is 25.7 Å². The van der Waals surface area contributed by atoms with Crippen LogP contribution >= 0.6 is 0 Å². The molecule has 0 unspecified atom stereocenters. The Morgan fingerprint density at radius 3 is 2.33 bits per heavy atom. The lowest BCUT2D eigenvalue weighted by Crippen LogP contribution is -2.51. The number of carbonyl (C=O) groups excluding carboxylic acids is 1. The fourth-order valence-electron chi connectivity index (χ4n) is 2.04. The molecular weight excluding hydrogens is 236 g/mol. The highest BCUT2D eigenvalue weighted by Gasteiger charge is 2.30. The van der Waals surface area contributed by atoms with Gasteiger partial charge in [0.15, 0.2) is 0 Å². The van der Waals surface area contributed by atoms with Gasteiger partial charge in [-0.3, -0.25) is 4.79 Å². The lowest BCUT2D eigenvalue weighted by molar-refractivity contribution is -0.137. The van der Waals surface area contributed by atoms with E-state index < -0.39 is 5.97 Å². The van der Waals surface area contributed by atoms with Crippen LogP contribution in [0.15, 0.2) is 0 Å². The van der Waals surface area contributed by atoms with Gasteiger partial charge in [0.2, 0.25) is 0 Å². The molecule has 1 aliphatic carbocycles. The number of hydrogen-bond donors (Lipinski definition) is 2. The second kappa shape index (κ2) is 7.20. The van der Waals surface area contributed by atoms with E-state index in [2.05, 4.69) is 0 Å². The van der Waals surface area contributed by atoms with Crippen molar-refractivity contribution < 1.29 is 19.8 Å². The zero-order valence-corrected chi connectivity index (χ0v) is 10.8. The summed E-state index contributed by atoms with van der Waals surface area (Å²) in [6, 6.07) is 0.0565. The van der Waals surface area contributed by atoms with Crippen molar-refractivity contribution in [3.63, 3.8) is 0 Å². The molecule has 0 spiro atoms. The molecule has 6 nitrogen and oxygen atoms in total. The quantitative estimate of drug-likeness (QED) is 0.706. The van der Waals surface area contributed by atoms with Crippen LogP contribution in [0.25, 0.3) is 0 Å². The van der Waals surface area contributed by atoms with E-state index in [1.54, 1.807) is 4.90 Å². The molecule has 0 atom stereocenters. The Bertz CT molecular complexity index is 292. The van der Waals surface area contributed by atoms with E-state index in [0.717, 1.165) is 19.3 Å². The van der Waals surface area contributed by atoms with Gasteiger partial charge in [0.1, 0.15) is 0 Å². The van der Waals surface area contributed by atoms with E-state index in [9.17, 15) is 9.59 Å². The summed E-state index contributed by atoms with van der Waals surface area (Å²) in [6.07, 6.45) is 3.02. The number of amides is 2. The maximum Gasteiger partial charge on any atom is 0.320 e. The van der Waals surface area contributed by atoms with Crippen molar-refractivity contribution >= 4 is 12.0 Å². The zero-order chi connectivity index (χ0) is 13.5. The third-order valence-electron chi connectivity index (χ3n) is 3.35. The number of hydrogen-bond acceptors (Lipinski definition) is 3. The Morgan fingerprint density at radius 1 is 1.28 bits per heavy atom. The van der Waals surface area contributed by atoms with Gasteiger partial charge in [-0.15, -0.1) is 0 Å². The molecule has 18 heavy (non-hydrogen) atoms. The number of carboxylic acid groups (broad SMARTS) is 1. The summed E-state index contributed by atoms with van der Waals surface area (Å²) in [6.45, 7) is 2.81. The van der Waals surface area contributed by atoms with Crippen LogP contribution in [0.2, 0.25) is 0 Å². The molecule has 2 amide bonds. The number of aliphatic carboxylic acids is 1. The fourth-order valence-corrected chi connectivity index (χ4v) is 2.04. The van der Waals surface area contributed by atoms with E-state index in [1.165, 1.54) is 4.90 Å². The molecule has 0 aliphatic heterocycles. The lowest BCUT2D eigenvalue weighted by Gasteiger charge is -2.39. The van der Waals surface area contributed by atoms with Crippen LogP contribution in [-0.2, 0) is 4.79 Å². The molecule has 0 radical (unpaired) electrons. The summed E-state index contributed by atoms with van der Waals surface area (Å²) in [5.41, 5.74) is 0. The maximum atomic E-state index is 12.3. The monoisotopic (exact) mass is 258 g/mol. The molecule has 1 saturated carbocycles. The first-order valence-corrected chi connectivity index (χ1v) is 6.48. The molecular formula is C12H22N2O4. The van der Waals surface area contributed by atoms with Gasteiger partial charge in [0.05, 0.1) is 13.0 Å². The second-order valence-electron chi connectivity index (χ2n) is 4.51. The largest absolute Gasteiger partial charge is 0.481 e. The Labute approximate surface area is 107 Å². The smallest absolute Gasteiger partial charge is 0.320 e. The first-order chi connectivity index (χ1) is 8.60. The normalized spacial score (nSPS) is 15.0. The highest BCUT2D eigenvalue weighted by Crippen LogP contribution is 2.25. The van der Waals surface area contributed by atoms with Crippen LogP contribution in [0.5, 0.6) is 0 Å². The average molecular weight is 258 g/mol. The van der Waals surface area contributed by atoms with Gasteiger partial charge >= 0.3 is 12.0 Å². The van der Waals surface area contributed by atoms with Crippen molar-refractivity contribution in [2.75, 3.05) is 26.2 Å². The van der Waals surface area contributed by atoms with Crippen LogP contribution in [-0.4, -0.2) is 64.3 Å². The minimum absolute atomic E-state index is 0.0444. The summed E-state index contributed by atoms with van der Waals surface area (Å²) in [4.78, 5) is 26.0. The molecule has 0 heterocycles. The zero-order valence-electron chi connectivity index (χ0n) is 10.8. The first kappa shape index (κ1) is 14.8. The predicted molar refractivity (Wildman–Crippen MR) is 66.3 cm³/mol. The fraction of sp³-hybridized carbons (Fsp3) is 0.833. The topological polar surface area (TPSA) is 81.1 Å². The van der Waals surface area contributed by atoms with Crippen molar-refractivity contribution in [1.82, 2.24) is 9.80 Å². The lowest BCUT2D eigenvalue weighted by atomic mass is 9.91. The van der Waals surface area contributed by atoms with Crippen LogP contribution in [0.1, 0.15) is 32.6 Å². The van der Waals surface area contributed by atoms with E-state index in [0.29, 0.717) is 13.1 Å². The number of aliphatic hydroxyl groups excluding tert-OH is 1. The van der Waals surface area contributed by atoms with E-state index in [4.69, 9.17) is 10.2 Å². The number of carbonyl (C=O) groups is 2. The highest BCUT2D eigenvalue weighted by atomic mass is 16.4. The molecule has 1 fully saturated rings. The van der Waals surface area contributed by atoms with Crippen LogP contribution in [0.3, 0.4) is 0 Å². The van der Waals surface area contributed by atoms with Gasteiger partial charge in [-0.25, -0.2) is 4.79 Å². The Morgan fingerprint density at radius 2 is 1.94 bits per heavy atom. The Hall–Kier alpha value is -1.30. The van der Waals surface area contributed by atoms with Gasteiger partial charge in [0.25, 0.3) is 0 Å². The molecule has 0 saturated heterocycles. The summed E-state index contributed by atoms with van der Waals surface area (Å²) in [7, 11) is 0. The van der Waals surface area contributed by atoms with Crippen LogP contribution in [0, 0.1) is 0 Å². The predicted octanol–water partition coefficient (Wildman–Crippen LogP) is 0.750. The average Bonchev–Trinajstić information content (AvgIpc) is 2.26. The summed E-state index contributed by atoms with van der Waals surface area (Å²) < 4.78 is 0. The minimum atomic E-state index is -0.904. The van der Waals surface area contributed by atoms with Crippen molar-refractivity contribution in [3.8, 4) is 0 Å². The third kappa shape index (κ3) is 3.87. The van der Waals surface area contributed by atoms with E-state index >= 15 is 0 Å². The standard InChI is InChI=1S/C12H22N2O4/c1-2-13(7-6-11(16)17)12(18)14(8-9-15)10-4-3-5-10/h10,15H,2-9H2,1H3,(H,16,17). The van der Waals surface area contributed by atoms with E-state index in [-0.39, 0.29) is 31.6 Å². The molecule has 2 N–H and O–H groups in total. The van der Waals surface area contributed by atoms with Crippen molar-refractivity contribution in [3.05, 3.63) is 0 Å². The number of rotatable bonds is 7. The van der Waals surface area contributed by atoms with Crippen LogP contribution in [0.4, 0.5) is 4.79 Å². The molecule has 0 aromatic carbocycles. The van der Waals surface area contributed by atoms with E-state index in [1.807, 2.05) is 6.92 Å². The van der Waals surface area contributed by atoms with Crippen LogP contribution < -0.4 is 0 Å². The highest BCUT2D eigenvalue weighted by molar-refractivity contribution is 5.76. The summed E-state index contributed by atoms with van der Waals surface area (Å²) in [5.74, 6) is -0.904. The summed E-state index contributed by atoms with van der Waals surface area (Å²) >= 11 is 0. The minimum Gasteiger partial charge on any atom is -0.481 e. The molecule has 1 aliphatic rings. The SMILES string of the molecule is CCN(CCC(=O)O)C(=O)N(CCO)C1CCC1. The second-order valence-corrected chi connectivity index (χ2v) is 4.51. The molecule has 0 bridgehead atoms. The molecule has 104 valence electrons.